The molecule has 1 aliphatic rings. The zero-order chi connectivity index (χ0) is 15.7. The molecule has 0 N–H and O–H groups in total. The van der Waals surface area contributed by atoms with E-state index in [0.29, 0.717) is 17.8 Å². The Labute approximate surface area is 130 Å². The number of aromatic nitrogens is 5. The van der Waals surface area contributed by atoms with Crippen molar-refractivity contribution in [2.45, 2.75) is 65.6 Å². The van der Waals surface area contributed by atoms with Crippen molar-refractivity contribution < 1.29 is 4.42 Å². The molecule has 3 rings (SSSR count). The van der Waals surface area contributed by atoms with Gasteiger partial charge in [0.1, 0.15) is 11.6 Å². The highest BCUT2D eigenvalue weighted by atomic mass is 16.4. The Balaban J connectivity index is 1.77. The third-order valence-electron chi connectivity index (χ3n) is 4.42. The van der Waals surface area contributed by atoms with Gasteiger partial charge in [-0.15, -0.1) is 10.2 Å². The van der Waals surface area contributed by atoms with Crippen LogP contribution in [0.2, 0.25) is 0 Å². The molecular formula is C15H24N6O. The topological polar surface area (TPSA) is 72.9 Å². The Bertz CT molecular complexity index is 634. The fourth-order valence-electron chi connectivity index (χ4n) is 3.29. The molecule has 0 spiro atoms. The Morgan fingerprint density at radius 1 is 1.23 bits per heavy atom. The van der Waals surface area contributed by atoms with Crippen LogP contribution >= 0.6 is 0 Å². The Morgan fingerprint density at radius 2 is 2.05 bits per heavy atom. The number of nitrogens with zero attached hydrogens (tertiary/aromatic N) is 6. The molecular weight excluding hydrogens is 280 g/mol. The maximum Gasteiger partial charge on any atom is 0.233 e. The second-order valence-corrected chi connectivity index (χ2v) is 6.11. The lowest BCUT2D eigenvalue weighted by Crippen LogP contribution is -2.43. The molecule has 0 saturated carbocycles. The van der Waals surface area contributed by atoms with Gasteiger partial charge in [0.2, 0.25) is 11.8 Å². The minimum absolute atomic E-state index is 0.136. The molecule has 22 heavy (non-hydrogen) atoms. The van der Waals surface area contributed by atoms with Crippen LogP contribution in [0, 0.1) is 20.8 Å². The lowest BCUT2D eigenvalue weighted by molar-refractivity contribution is 0.0743. The van der Waals surface area contributed by atoms with Crippen molar-refractivity contribution >= 4 is 0 Å². The predicted octanol–water partition coefficient (Wildman–Crippen LogP) is 2.20. The summed E-state index contributed by atoms with van der Waals surface area (Å²) in [6, 6.07) is 0.562. The molecule has 0 aliphatic carbocycles. The number of piperidine rings is 1. The summed E-state index contributed by atoms with van der Waals surface area (Å²) in [6.07, 6.45) is 3.63. The van der Waals surface area contributed by atoms with E-state index in [1.54, 1.807) is 0 Å². The average Bonchev–Trinajstić information content (AvgIpc) is 3.05. The van der Waals surface area contributed by atoms with Crippen LogP contribution in [0.5, 0.6) is 0 Å². The van der Waals surface area contributed by atoms with Gasteiger partial charge in [-0.05, 0) is 40.2 Å². The first kappa shape index (κ1) is 15.1. The van der Waals surface area contributed by atoms with E-state index >= 15 is 0 Å². The third-order valence-corrected chi connectivity index (χ3v) is 4.42. The number of rotatable bonds is 4. The molecule has 7 nitrogen and oxygen atoms in total. The number of hydrogen-bond acceptors (Lipinski definition) is 6. The molecule has 0 aromatic carbocycles. The van der Waals surface area contributed by atoms with E-state index in [9.17, 15) is 0 Å². The minimum Gasteiger partial charge on any atom is -0.424 e. The monoisotopic (exact) mass is 304 g/mol. The first-order valence-corrected chi connectivity index (χ1v) is 7.98. The number of hydrogen-bond donors (Lipinski definition) is 0. The molecule has 2 aromatic rings. The SMILES string of the molecule is Cc1nc(C)n(C[C@@H]2CCCCN2[C@@H](C)c2nnc(C)o2)n1. The van der Waals surface area contributed by atoms with E-state index in [0.717, 1.165) is 31.2 Å². The second kappa shape index (κ2) is 6.16. The van der Waals surface area contributed by atoms with Crippen LogP contribution in [0.15, 0.2) is 4.42 Å². The highest BCUT2D eigenvalue weighted by Gasteiger charge is 2.30. The molecule has 2 aromatic heterocycles. The molecule has 1 saturated heterocycles. The molecule has 0 bridgehead atoms. The maximum absolute atomic E-state index is 5.63. The van der Waals surface area contributed by atoms with Crippen molar-refractivity contribution in [3.8, 4) is 0 Å². The molecule has 3 heterocycles. The van der Waals surface area contributed by atoms with E-state index in [1.807, 2.05) is 25.5 Å². The van der Waals surface area contributed by atoms with Gasteiger partial charge in [-0.2, -0.15) is 5.10 Å². The summed E-state index contributed by atoms with van der Waals surface area (Å²) >= 11 is 0. The average molecular weight is 304 g/mol. The molecule has 1 aliphatic heterocycles. The molecule has 7 heteroatoms. The largest absolute Gasteiger partial charge is 0.424 e. The minimum atomic E-state index is 0.136. The van der Waals surface area contributed by atoms with Crippen molar-refractivity contribution in [3.63, 3.8) is 0 Å². The van der Waals surface area contributed by atoms with Gasteiger partial charge in [0.05, 0.1) is 12.6 Å². The van der Waals surface area contributed by atoms with Gasteiger partial charge >= 0.3 is 0 Å². The maximum atomic E-state index is 5.63. The van der Waals surface area contributed by atoms with Crippen LogP contribution < -0.4 is 0 Å². The molecule has 1 fully saturated rings. The van der Waals surface area contributed by atoms with Gasteiger partial charge in [0, 0.05) is 13.0 Å². The normalized spacial score (nSPS) is 21.2. The molecule has 120 valence electrons. The van der Waals surface area contributed by atoms with Crippen LogP contribution in [0.25, 0.3) is 0 Å². The Kier molecular flexibility index (Phi) is 4.24. The van der Waals surface area contributed by atoms with Crippen LogP contribution in [-0.4, -0.2) is 42.4 Å². The summed E-state index contributed by atoms with van der Waals surface area (Å²) in [6.45, 7) is 9.84. The number of likely N-dealkylation sites (tertiary alicyclic amines) is 1. The summed E-state index contributed by atoms with van der Waals surface area (Å²) in [5.74, 6) is 3.14. The summed E-state index contributed by atoms with van der Waals surface area (Å²) in [5.41, 5.74) is 0. The van der Waals surface area contributed by atoms with Crippen molar-refractivity contribution in [1.29, 1.82) is 0 Å². The first-order valence-electron chi connectivity index (χ1n) is 7.98. The van der Waals surface area contributed by atoms with Gasteiger partial charge in [-0.3, -0.25) is 4.90 Å². The molecule has 0 radical (unpaired) electrons. The van der Waals surface area contributed by atoms with Crippen molar-refractivity contribution in [3.05, 3.63) is 23.4 Å². The summed E-state index contributed by atoms with van der Waals surface area (Å²) < 4.78 is 7.64. The zero-order valence-electron chi connectivity index (χ0n) is 13.8. The van der Waals surface area contributed by atoms with Crippen LogP contribution in [0.4, 0.5) is 0 Å². The highest BCUT2D eigenvalue weighted by molar-refractivity contribution is 4.94. The van der Waals surface area contributed by atoms with Gasteiger partial charge in [-0.1, -0.05) is 6.42 Å². The lowest BCUT2D eigenvalue weighted by Gasteiger charge is -2.38. The summed E-state index contributed by atoms with van der Waals surface area (Å²) in [7, 11) is 0. The fourth-order valence-corrected chi connectivity index (χ4v) is 3.29. The predicted molar refractivity (Wildman–Crippen MR) is 81.3 cm³/mol. The Morgan fingerprint density at radius 3 is 2.68 bits per heavy atom. The van der Waals surface area contributed by atoms with Crippen LogP contribution in [0.1, 0.15) is 55.7 Å². The molecule has 0 unspecified atom stereocenters. The van der Waals surface area contributed by atoms with E-state index in [1.165, 1.54) is 12.8 Å². The van der Waals surface area contributed by atoms with Crippen molar-refractivity contribution in [2.24, 2.45) is 0 Å². The fraction of sp³-hybridized carbons (Fsp3) is 0.733. The lowest BCUT2D eigenvalue weighted by atomic mass is 10.00. The molecule has 0 amide bonds. The first-order chi connectivity index (χ1) is 10.5. The summed E-state index contributed by atoms with van der Waals surface area (Å²) in [4.78, 5) is 6.87. The summed E-state index contributed by atoms with van der Waals surface area (Å²) in [5, 5.41) is 12.7. The van der Waals surface area contributed by atoms with Gasteiger partial charge in [0.25, 0.3) is 0 Å². The smallest absolute Gasteiger partial charge is 0.233 e. The second-order valence-electron chi connectivity index (χ2n) is 6.11. The van der Waals surface area contributed by atoms with E-state index in [4.69, 9.17) is 4.42 Å². The van der Waals surface area contributed by atoms with E-state index in [2.05, 4.69) is 32.1 Å². The third kappa shape index (κ3) is 3.04. The van der Waals surface area contributed by atoms with Crippen LogP contribution in [-0.2, 0) is 6.54 Å². The van der Waals surface area contributed by atoms with Gasteiger partial charge in [0.15, 0.2) is 0 Å². The zero-order valence-corrected chi connectivity index (χ0v) is 13.8. The van der Waals surface area contributed by atoms with E-state index in [-0.39, 0.29) is 6.04 Å². The van der Waals surface area contributed by atoms with Gasteiger partial charge in [-0.25, -0.2) is 9.67 Å². The van der Waals surface area contributed by atoms with Crippen molar-refractivity contribution in [1.82, 2.24) is 29.9 Å². The number of aryl methyl sites for hydroxylation is 3. The quantitative estimate of drug-likeness (QED) is 0.862. The standard InChI is InChI=1S/C15H24N6O/c1-10(15-18-17-13(4)22-15)20-8-6-5-7-14(20)9-21-12(3)16-11(2)19-21/h10,14H,5-9H2,1-4H3/t10-,14-/m0/s1. The van der Waals surface area contributed by atoms with Gasteiger partial charge < -0.3 is 4.42 Å². The molecule has 2 atom stereocenters. The van der Waals surface area contributed by atoms with E-state index < -0.39 is 0 Å². The van der Waals surface area contributed by atoms with Crippen molar-refractivity contribution in [2.75, 3.05) is 6.54 Å². The highest BCUT2D eigenvalue weighted by Crippen LogP contribution is 2.28. The Hall–Kier alpha value is -1.76. The van der Waals surface area contributed by atoms with Crippen LogP contribution in [0.3, 0.4) is 0 Å².